The van der Waals surface area contributed by atoms with Crippen LogP contribution < -0.4 is 4.42 Å². The maximum absolute atomic E-state index is 9.55. The van der Waals surface area contributed by atoms with E-state index in [0.717, 1.165) is 5.39 Å². The van der Waals surface area contributed by atoms with Crippen molar-refractivity contribution in [2.24, 2.45) is 0 Å². The Balaban J connectivity index is 2.70. The molecule has 2 rings (SSSR count). The largest absolute Gasteiger partial charge is 0.506 e. The SMILES string of the molecule is CN(Cl)c1ccc2cccc(O)c2n1. The van der Waals surface area contributed by atoms with Crippen LogP contribution in [0.4, 0.5) is 5.82 Å². The van der Waals surface area contributed by atoms with E-state index < -0.39 is 0 Å². The van der Waals surface area contributed by atoms with E-state index in [9.17, 15) is 5.11 Å². The summed E-state index contributed by atoms with van der Waals surface area (Å²) in [5, 5.41) is 10.4. The summed E-state index contributed by atoms with van der Waals surface area (Å²) in [5.41, 5.74) is 0.567. The Morgan fingerprint density at radius 2 is 2.07 bits per heavy atom. The third kappa shape index (κ3) is 1.46. The average Bonchev–Trinajstić information content (AvgIpc) is 2.18. The number of anilines is 1. The molecule has 0 bridgehead atoms. The number of halogens is 1. The highest BCUT2D eigenvalue weighted by Gasteiger charge is 2.03. The number of nitrogens with zero attached hydrogens (tertiary/aromatic N) is 2. The van der Waals surface area contributed by atoms with Gasteiger partial charge in [-0.2, -0.15) is 0 Å². The van der Waals surface area contributed by atoms with Crippen LogP contribution in [0, 0.1) is 0 Å². The van der Waals surface area contributed by atoms with E-state index in [0.29, 0.717) is 11.3 Å². The number of para-hydroxylation sites is 1. The second kappa shape index (κ2) is 3.35. The van der Waals surface area contributed by atoms with Gasteiger partial charge in [0.15, 0.2) is 0 Å². The van der Waals surface area contributed by atoms with E-state index in [1.165, 1.54) is 4.42 Å². The molecule has 2 aromatic rings. The van der Waals surface area contributed by atoms with Crippen LogP contribution in [0.15, 0.2) is 30.3 Å². The summed E-state index contributed by atoms with van der Waals surface area (Å²) in [7, 11) is 1.69. The molecule has 0 aliphatic carbocycles. The van der Waals surface area contributed by atoms with Crippen LogP contribution in [-0.2, 0) is 0 Å². The van der Waals surface area contributed by atoms with Gasteiger partial charge in [0.1, 0.15) is 17.1 Å². The molecular formula is C10H9ClN2O. The standard InChI is InChI=1S/C10H9ClN2O/c1-13(11)9-6-5-7-3-2-4-8(14)10(7)12-9/h2-6,14H,1H3. The third-order valence-corrected chi connectivity index (χ3v) is 2.17. The molecular weight excluding hydrogens is 200 g/mol. The lowest BCUT2D eigenvalue weighted by Gasteiger charge is -2.08. The molecule has 14 heavy (non-hydrogen) atoms. The van der Waals surface area contributed by atoms with Crippen LogP contribution >= 0.6 is 11.8 Å². The van der Waals surface area contributed by atoms with Gasteiger partial charge in [0.2, 0.25) is 0 Å². The van der Waals surface area contributed by atoms with Crippen LogP contribution in [0.1, 0.15) is 0 Å². The third-order valence-electron chi connectivity index (χ3n) is 2.00. The molecule has 1 N–H and O–H groups in total. The Hall–Kier alpha value is -1.48. The minimum absolute atomic E-state index is 0.169. The number of hydrogen-bond donors (Lipinski definition) is 1. The van der Waals surface area contributed by atoms with Crippen LogP contribution in [-0.4, -0.2) is 17.1 Å². The number of phenols is 1. The molecule has 4 heteroatoms. The Kier molecular flexibility index (Phi) is 2.17. The summed E-state index contributed by atoms with van der Waals surface area (Å²) < 4.78 is 1.38. The summed E-state index contributed by atoms with van der Waals surface area (Å²) in [4.78, 5) is 4.22. The Morgan fingerprint density at radius 1 is 1.29 bits per heavy atom. The van der Waals surface area contributed by atoms with Crippen molar-refractivity contribution in [1.29, 1.82) is 0 Å². The second-order valence-electron chi connectivity index (χ2n) is 3.00. The lowest BCUT2D eigenvalue weighted by atomic mass is 10.2. The lowest BCUT2D eigenvalue weighted by molar-refractivity contribution is 0.480. The van der Waals surface area contributed by atoms with Crippen LogP contribution in [0.2, 0.25) is 0 Å². The van der Waals surface area contributed by atoms with Crippen LogP contribution in [0.5, 0.6) is 5.75 Å². The molecule has 0 fully saturated rings. The van der Waals surface area contributed by atoms with Crippen molar-refractivity contribution in [3.05, 3.63) is 30.3 Å². The fourth-order valence-electron chi connectivity index (χ4n) is 1.29. The normalized spacial score (nSPS) is 10.4. The van der Waals surface area contributed by atoms with Gasteiger partial charge in [-0.1, -0.05) is 12.1 Å². The molecule has 0 aliphatic rings. The molecule has 0 saturated carbocycles. The molecule has 0 spiro atoms. The zero-order valence-electron chi connectivity index (χ0n) is 7.61. The first-order valence-corrected chi connectivity index (χ1v) is 4.50. The summed E-state index contributed by atoms with van der Waals surface area (Å²) in [6.45, 7) is 0. The Bertz CT molecular complexity index is 471. The van der Waals surface area contributed by atoms with Gasteiger partial charge >= 0.3 is 0 Å². The van der Waals surface area contributed by atoms with E-state index in [1.54, 1.807) is 25.2 Å². The van der Waals surface area contributed by atoms with Gasteiger partial charge in [-0.15, -0.1) is 0 Å². The zero-order chi connectivity index (χ0) is 10.1. The van der Waals surface area contributed by atoms with Crippen LogP contribution in [0.3, 0.4) is 0 Å². The number of aromatic hydroxyl groups is 1. The van der Waals surface area contributed by atoms with Crippen molar-refractivity contribution in [1.82, 2.24) is 4.98 Å². The molecule has 1 aromatic heterocycles. The van der Waals surface area contributed by atoms with Gasteiger partial charge in [0, 0.05) is 24.2 Å². The summed E-state index contributed by atoms with van der Waals surface area (Å²) in [6, 6.07) is 8.95. The van der Waals surface area contributed by atoms with Crippen molar-refractivity contribution in [3.63, 3.8) is 0 Å². The van der Waals surface area contributed by atoms with Gasteiger partial charge in [0.05, 0.1) is 0 Å². The van der Waals surface area contributed by atoms with Gasteiger partial charge in [-0.05, 0) is 18.2 Å². The van der Waals surface area contributed by atoms with E-state index in [-0.39, 0.29) is 5.75 Å². The van der Waals surface area contributed by atoms with Crippen molar-refractivity contribution < 1.29 is 5.11 Å². The fraction of sp³-hybridized carbons (Fsp3) is 0.100. The molecule has 0 atom stereocenters. The predicted molar refractivity (Wildman–Crippen MR) is 57.7 cm³/mol. The maximum Gasteiger partial charge on any atom is 0.143 e. The number of fused-ring (bicyclic) bond motifs is 1. The van der Waals surface area contributed by atoms with Crippen LogP contribution in [0.25, 0.3) is 10.9 Å². The average molecular weight is 209 g/mol. The molecule has 72 valence electrons. The van der Waals surface area contributed by atoms with E-state index >= 15 is 0 Å². The van der Waals surface area contributed by atoms with E-state index in [1.807, 2.05) is 12.1 Å². The molecule has 0 unspecified atom stereocenters. The predicted octanol–water partition coefficient (Wildman–Crippen LogP) is 2.53. The maximum atomic E-state index is 9.55. The number of rotatable bonds is 1. The molecule has 3 nitrogen and oxygen atoms in total. The molecule has 1 heterocycles. The van der Waals surface area contributed by atoms with Crippen molar-refractivity contribution in [2.75, 3.05) is 11.5 Å². The monoisotopic (exact) mass is 208 g/mol. The van der Waals surface area contributed by atoms with Crippen molar-refractivity contribution in [3.8, 4) is 5.75 Å². The first kappa shape index (κ1) is 9.09. The van der Waals surface area contributed by atoms with Gasteiger partial charge in [-0.25, -0.2) is 4.98 Å². The Morgan fingerprint density at radius 3 is 2.79 bits per heavy atom. The highest BCUT2D eigenvalue weighted by Crippen LogP contribution is 2.25. The minimum Gasteiger partial charge on any atom is -0.506 e. The molecule has 0 amide bonds. The second-order valence-corrected chi connectivity index (χ2v) is 3.50. The van der Waals surface area contributed by atoms with Gasteiger partial charge < -0.3 is 5.11 Å². The number of aromatic nitrogens is 1. The minimum atomic E-state index is 0.169. The number of benzene rings is 1. The summed E-state index contributed by atoms with van der Waals surface area (Å²) in [6.07, 6.45) is 0. The topological polar surface area (TPSA) is 36.4 Å². The quantitative estimate of drug-likeness (QED) is 0.732. The summed E-state index contributed by atoms with van der Waals surface area (Å²) >= 11 is 5.75. The molecule has 0 radical (unpaired) electrons. The highest BCUT2D eigenvalue weighted by atomic mass is 35.5. The fourth-order valence-corrected chi connectivity index (χ4v) is 1.39. The van der Waals surface area contributed by atoms with Gasteiger partial charge in [-0.3, -0.25) is 4.42 Å². The first-order valence-electron chi connectivity index (χ1n) is 4.17. The number of phenolic OH excluding ortho intramolecular Hbond substituents is 1. The molecule has 1 aromatic carbocycles. The number of pyridine rings is 1. The number of hydrogen-bond acceptors (Lipinski definition) is 3. The summed E-state index contributed by atoms with van der Waals surface area (Å²) in [5.74, 6) is 0.781. The molecule has 0 saturated heterocycles. The van der Waals surface area contributed by atoms with E-state index in [4.69, 9.17) is 11.8 Å². The highest BCUT2D eigenvalue weighted by molar-refractivity contribution is 6.25. The van der Waals surface area contributed by atoms with Crippen molar-refractivity contribution >= 4 is 28.5 Å². The van der Waals surface area contributed by atoms with Gasteiger partial charge in [0.25, 0.3) is 0 Å². The van der Waals surface area contributed by atoms with E-state index in [2.05, 4.69) is 4.98 Å². The van der Waals surface area contributed by atoms with Crippen molar-refractivity contribution in [2.45, 2.75) is 0 Å². The zero-order valence-corrected chi connectivity index (χ0v) is 8.36. The first-order chi connectivity index (χ1) is 6.68. The lowest BCUT2D eigenvalue weighted by Crippen LogP contribution is -2.02. The smallest absolute Gasteiger partial charge is 0.143 e. The Labute approximate surface area is 86.7 Å². The molecule has 0 aliphatic heterocycles.